The number of aryl methyl sites for hydroxylation is 2. The highest BCUT2D eigenvalue weighted by molar-refractivity contribution is 7.09. The van der Waals surface area contributed by atoms with Crippen molar-refractivity contribution in [2.24, 2.45) is 16.6 Å². The third kappa shape index (κ3) is 5.23. The SMILES string of the molecule is Cc1cc(C)cc(NC(N)=NCC(C)Cc2cccs2)c1. The largest absolute Gasteiger partial charge is 0.370 e. The van der Waals surface area contributed by atoms with E-state index in [1.54, 1.807) is 11.3 Å². The van der Waals surface area contributed by atoms with Crippen molar-refractivity contribution >= 4 is 23.0 Å². The van der Waals surface area contributed by atoms with E-state index in [9.17, 15) is 0 Å². The normalized spacial score (nSPS) is 13.2. The minimum atomic E-state index is 0.484. The molecule has 1 unspecified atom stereocenters. The zero-order chi connectivity index (χ0) is 15.2. The predicted molar refractivity (Wildman–Crippen MR) is 93.2 cm³/mol. The van der Waals surface area contributed by atoms with Crippen LogP contribution in [-0.4, -0.2) is 12.5 Å². The van der Waals surface area contributed by atoms with Gasteiger partial charge < -0.3 is 11.1 Å². The van der Waals surface area contributed by atoms with Crippen LogP contribution in [0, 0.1) is 19.8 Å². The predicted octanol–water partition coefficient (Wildman–Crippen LogP) is 3.97. The molecule has 3 nitrogen and oxygen atoms in total. The van der Waals surface area contributed by atoms with E-state index < -0.39 is 0 Å². The van der Waals surface area contributed by atoms with Gasteiger partial charge in [0.2, 0.25) is 0 Å². The lowest BCUT2D eigenvalue weighted by Gasteiger charge is -2.10. The van der Waals surface area contributed by atoms with Crippen molar-refractivity contribution in [2.75, 3.05) is 11.9 Å². The number of thiophene rings is 1. The summed E-state index contributed by atoms with van der Waals surface area (Å²) in [6.07, 6.45) is 1.05. The standard InChI is InChI=1S/C17H23N3S/c1-12-7-13(2)9-15(8-12)20-17(18)19-11-14(3)10-16-5-4-6-21-16/h4-9,14H,10-11H2,1-3H3,(H3,18,19,20). The van der Waals surface area contributed by atoms with Gasteiger partial charge >= 0.3 is 0 Å². The van der Waals surface area contributed by atoms with Crippen LogP contribution in [-0.2, 0) is 6.42 Å². The molecule has 0 bridgehead atoms. The van der Waals surface area contributed by atoms with E-state index in [-0.39, 0.29) is 0 Å². The van der Waals surface area contributed by atoms with Gasteiger partial charge in [-0.2, -0.15) is 0 Å². The van der Waals surface area contributed by atoms with Crippen LogP contribution < -0.4 is 11.1 Å². The van der Waals surface area contributed by atoms with E-state index >= 15 is 0 Å². The first kappa shape index (κ1) is 15.6. The number of benzene rings is 1. The Bertz CT molecular complexity index is 582. The van der Waals surface area contributed by atoms with Crippen LogP contribution in [0.3, 0.4) is 0 Å². The summed E-state index contributed by atoms with van der Waals surface area (Å²) < 4.78 is 0. The molecule has 112 valence electrons. The summed E-state index contributed by atoms with van der Waals surface area (Å²) in [5, 5.41) is 5.28. The minimum Gasteiger partial charge on any atom is -0.370 e. The number of aliphatic imine (C=N–C) groups is 1. The second-order valence-corrected chi connectivity index (χ2v) is 6.65. The zero-order valence-electron chi connectivity index (χ0n) is 12.9. The van der Waals surface area contributed by atoms with Gasteiger partial charge in [0.25, 0.3) is 0 Å². The highest BCUT2D eigenvalue weighted by atomic mass is 32.1. The maximum absolute atomic E-state index is 5.97. The van der Waals surface area contributed by atoms with Crippen LogP contribution in [0.2, 0.25) is 0 Å². The van der Waals surface area contributed by atoms with Gasteiger partial charge in [0.1, 0.15) is 0 Å². The van der Waals surface area contributed by atoms with Crippen LogP contribution in [0.25, 0.3) is 0 Å². The lowest BCUT2D eigenvalue weighted by atomic mass is 10.1. The molecule has 0 amide bonds. The van der Waals surface area contributed by atoms with Gasteiger partial charge in [-0.1, -0.05) is 19.1 Å². The number of rotatable bonds is 5. The zero-order valence-corrected chi connectivity index (χ0v) is 13.7. The quantitative estimate of drug-likeness (QED) is 0.648. The Morgan fingerprint density at radius 1 is 1.29 bits per heavy atom. The van der Waals surface area contributed by atoms with E-state index in [0.29, 0.717) is 11.9 Å². The molecule has 0 radical (unpaired) electrons. The number of nitrogens with zero attached hydrogens (tertiary/aromatic N) is 1. The third-order valence-electron chi connectivity index (χ3n) is 3.20. The molecule has 3 N–H and O–H groups in total. The van der Waals surface area contributed by atoms with Crippen LogP contribution in [0.1, 0.15) is 22.9 Å². The van der Waals surface area contributed by atoms with Crippen LogP contribution >= 0.6 is 11.3 Å². The van der Waals surface area contributed by atoms with Crippen molar-refractivity contribution in [3.63, 3.8) is 0 Å². The Labute approximate surface area is 130 Å². The molecule has 0 spiro atoms. The van der Waals surface area contributed by atoms with Crippen molar-refractivity contribution in [3.05, 3.63) is 51.7 Å². The molecule has 0 aliphatic rings. The number of guanidine groups is 1. The highest BCUT2D eigenvalue weighted by Gasteiger charge is 2.04. The first-order valence-corrected chi connectivity index (χ1v) is 8.08. The number of nitrogens with two attached hydrogens (primary N) is 1. The Kier molecular flexibility index (Phi) is 5.39. The summed E-state index contributed by atoms with van der Waals surface area (Å²) in [5.74, 6) is 0.973. The molecule has 0 saturated heterocycles. The van der Waals surface area contributed by atoms with Gasteiger partial charge in [0, 0.05) is 17.1 Å². The lowest BCUT2D eigenvalue weighted by molar-refractivity contribution is 0.599. The van der Waals surface area contributed by atoms with E-state index in [2.05, 4.69) is 66.8 Å². The molecule has 1 atom stereocenters. The van der Waals surface area contributed by atoms with Crippen molar-refractivity contribution in [1.29, 1.82) is 0 Å². The molecule has 1 heterocycles. The molecule has 2 aromatic rings. The Morgan fingerprint density at radius 3 is 2.62 bits per heavy atom. The summed E-state index contributed by atoms with van der Waals surface area (Å²) in [6.45, 7) is 7.10. The molecule has 0 aliphatic heterocycles. The first-order chi connectivity index (χ1) is 10.0. The number of anilines is 1. The Hall–Kier alpha value is -1.81. The fraction of sp³-hybridized carbons (Fsp3) is 0.353. The van der Waals surface area contributed by atoms with Crippen LogP contribution in [0.5, 0.6) is 0 Å². The second kappa shape index (κ2) is 7.27. The summed E-state index contributed by atoms with van der Waals surface area (Å²) in [5.41, 5.74) is 9.41. The average Bonchev–Trinajstić information content (AvgIpc) is 2.88. The van der Waals surface area contributed by atoms with E-state index in [1.165, 1.54) is 16.0 Å². The third-order valence-corrected chi connectivity index (χ3v) is 4.10. The van der Waals surface area contributed by atoms with E-state index in [1.807, 2.05) is 0 Å². The Balaban J connectivity index is 1.88. The summed E-state index contributed by atoms with van der Waals surface area (Å²) >= 11 is 1.80. The molecule has 2 rings (SSSR count). The molecule has 0 fully saturated rings. The van der Waals surface area contributed by atoms with Crippen molar-refractivity contribution in [1.82, 2.24) is 0 Å². The van der Waals surface area contributed by atoms with Crippen molar-refractivity contribution < 1.29 is 0 Å². The summed E-state index contributed by atoms with van der Waals surface area (Å²) in [6, 6.07) is 10.5. The van der Waals surface area contributed by atoms with Crippen molar-refractivity contribution in [2.45, 2.75) is 27.2 Å². The second-order valence-electron chi connectivity index (χ2n) is 5.62. The van der Waals surface area contributed by atoms with Gasteiger partial charge in [0.05, 0.1) is 0 Å². The van der Waals surface area contributed by atoms with Gasteiger partial charge in [0.15, 0.2) is 5.96 Å². The maximum atomic E-state index is 5.97. The molecular formula is C17H23N3S. The molecule has 4 heteroatoms. The van der Waals surface area contributed by atoms with Gasteiger partial charge in [-0.25, -0.2) is 0 Å². The van der Waals surface area contributed by atoms with E-state index in [0.717, 1.165) is 18.7 Å². The van der Waals surface area contributed by atoms with Gasteiger partial charge in [-0.3, -0.25) is 4.99 Å². The van der Waals surface area contributed by atoms with Gasteiger partial charge in [-0.15, -0.1) is 11.3 Å². The highest BCUT2D eigenvalue weighted by Crippen LogP contribution is 2.15. The molecule has 21 heavy (non-hydrogen) atoms. The maximum Gasteiger partial charge on any atom is 0.193 e. The fourth-order valence-corrected chi connectivity index (χ4v) is 3.19. The summed E-state index contributed by atoms with van der Waals surface area (Å²) in [7, 11) is 0. The lowest BCUT2D eigenvalue weighted by Crippen LogP contribution is -2.24. The topological polar surface area (TPSA) is 50.4 Å². The molecule has 0 saturated carbocycles. The first-order valence-electron chi connectivity index (χ1n) is 7.20. The molecule has 1 aromatic heterocycles. The summed E-state index contributed by atoms with van der Waals surface area (Å²) in [4.78, 5) is 5.85. The minimum absolute atomic E-state index is 0.484. The van der Waals surface area contributed by atoms with Crippen molar-refractivity contribution in [3.8, 4) is 0 Å². The average molecular weight is 301 g/mol. The monoisotopic (exact) mass is 301 g/mol. The number of nitrogens with one attached hydrogen (secondary N) is 1. The Morgan fingerprint density at radius 2 is 2.00 bits per heavy atom. The fourth-order valence-electron chi connectivity index (χ4n) is 2.33. The molecule has 1 aromatic carbocycles. The smallest absolute Gasteiger partial charge is 0.193 e. The number of hydrogen-bond donors (Lipinski definition) is 2. The van der Waals surface area contributed by atoms with Crippen LogP contribution in [0.15, 0.2) is 40.7 Å². The van der Waals surface area contributed by atoms with E-state index in [4.69, 9.17) is 5.73 Å². The number of hydrogen-bond acceptors (Lipinski definition) is 2. The molecular weight excluding hydrogens is 278 g/mol. The molecule has 0 aliphatic carbocycles. The van der Waals surface area contributed by atoms with Gasteiger partial charge in [-0.05, 0) is 60.9 Å². The van der Waals surface area contributed by atoms with Crippen LogP contribution in [0.4, 0.5) is 5.69 Å².